The highest BCUT2D eigenvalue weighted by atomic mass is 16.2. The average Bonchev–Trinajstić information content (AvgIpc) is 2.48. The Morgan fingerprint density at radius 1 is 1.38 bits per heavy atom. The molecule has 0 atom stereocenters. The molecule has 1 N–H and O–H groups in total. The molecule has 0 aliphatic carbocycles. The second kappa shape index (κ2) is 7.41. The number of likely N-dealkylation sites (tertiary alicyclic amines) is 1. The van der Waals surface area contributed by atoms with Gasteiger partial charge in [0.2, 0.25) is 0 Å². The second-order valence-electron chi connectivity index (χ2n) is 5.96. The van der Waals surface area contributed by atoms with Crippen molar-refractivity contribution in [3.05, 3.63) is 23.9 Å². The molecule has 21 heavy (non-hydrogen) atoms. The SMILES string of the molecule is CCNc1ccc(C(=O)N2CCC(CN(C)C)CC2)cn1. The van der Waals surface area contributed by atoms with Crippen molar-refractivity contribution in [1.29, 1.82) is 0 Å². The first kappa shape index (κ1) is 15.8. The Hall–Kier alpha value is -1.62. The summed E-state index contributed by atoms with van der Waals surface area (Å²) in [5.41, 5.74) is 0.683. The number of amides is 1. The Morgan fingerprint density at radius 2 is 2.10 bits per heavy atom. The van der Waals surface area contributed by atoms with E-state index in [1.165, 1.54) is 0 Å². The number of carbonyl (C=O) groups is 1. The van der Waals surface area contributed by atoms with Crippen molar-refractivity contribution in [2.45, 2.75) is 19.8 Å². The Balaban J connectivity index is 1.89. The zero-order valence-electron chi connectivity index (χ0n) is 13.3. The predicted octanol–water partition coefficient (Wildman–Crippen LogP) is 1.93. The van der Waals surface area contributed by atoms with E-state index < -0.39 is 0 Å². The van der Waals surface area contributed by atoms with Gasteiger partial charge in [0.15, 0.2) is 0 Å². The third kappa shape index (κ3) is 4.43. The minimum absolute atomic E-state index is 0.105. The molecule has 1 aliphatic heterocycles. The summed E-state index contributed by atoms with van der Waals surface area (Å²) in [6, 6.07) is 3.73. The quantitative estimate of drug-likeness (QED) is 0.900. The van der Waals surface area contributed by atoms with Gasteiger partial charge in [-0.05, 0) is 51.9 Å². The molecule has 5 nitrogen and oxygen atoms in total. The molecule has 116 valence electrons. The van der Waals surface area contributed by atoms with Crippen molar-refractivity contribution in [1.82, 2.24) is 14.8 Å². The highest BCUT2D eigenvalue weighted by Gasteiger charge is 2.24. The minimum Gasteiger partial charge on any atom is -0.370 e. The maximum Gasteiger partial charge on any atom is 0.255 e. The third-order valence-corrected chi connectivity index (χ3v) is 3.89. The summed E-state index contributed by atoms with van der Waals surface area (Å²) in [6.07, 6.45) is 3.85. The first-order chi connectivity index (χ1) is 10.1. The van der Waals surface area contributed by atoms with Crippen LogP contribution in [0.5, 0.6) is 0 Å². The molecule has 1 saturated heterocycles. The number of anilines is 1. The van der Waals surface area contributed by atoms with Crippen LogP contribution in [0.15, 0.2) is 18.3 Å². The maximum atomic E-state index is 12.5. The summed E-state index contributed by atoms with van der Waals surface area (Å²) >= 11 is 0. The summed E-state index contributed by atoms with van der Waals surface area (Å²) in [7, 11) is 4.21. The summed E-state index contributed by atoms with van der Waals surface area (Å²) < 4.78 is 0. The molecule has 1 aliphatic rings. The largest absolute Gasteiger partial charge is 0.370 e. The van der Waals surface area contributed by atoms with E-state index in [1.54, 1.807) is 6.20 Å². The lowest BCUT2D eigenvalue weighted by Gasteiger charge is -2.33. The molecule has 1 amide bonds. The Labute approximate surface area is 127 Å². The fourth-order valence-electron chi connectivity index (χ4n) is 2.82. The molecule has 0 spiro atoms. The predicted molar refractivity (Wildman–Crippen MR) is 85.6 cm³/mol. The van der Waals surface area contributed by atoms with Crippen LogP contribution in [0.4, 0.5) is 5.82 Å². The summed E-state index contributed by atoms with van der Waals surface area (Å²) in [5, 5.41) is 3.14. The number of nitrogens with zero attached hydrogens (tertiary/aromatic N) is 3. The van der Waals surface area contributed by atoms with Crippen LogP contribution in [0.3, 0.4) is 0 Å². The van der Waals surface area contributed by atoms with Crippen molar-refractivity contribution in [3.63, 3.8) is 0 Å². The topological polar surface area (TPSA) is 48.5 Å². The number of pyridine rings is 1. The monoisotopic (exact) mass is 290 g/mol. The van der Waals surface area contributed by atoms with Crippen LogP contribution in [0.2, 0.25) is 0 Å². The summed E-state index contributed by atoms with van der Waals surface area (Å²) in [5.74, 6) is 1.63. The van der Waals surface area contributed by atoms with Crippen LogP contribution in [-0.4, -0.2) is 61.0 Å². The molecule has 1 aromatic rings. The van der Waals surface area contributed by atoms with Gasteiger partial charge in [-0.25, -0.2) is 4.98 Å². The molecular formula is C16H26N4O. The number of aromatic nitrogens is 1. The fraction of sp³-hybridized carbons (Fsp3) is 0.625. The first-order valence-corrected chi connectivity index (χ1v) is 7.74. The maximum absolute atomic E-state index is 12.5. The van der Waals surface area contributed by atoms with Crippen LogP contribution >= 0.6 is 0 Å². The van der Waals surface area contributed by atoms with Crippen LogP contribution in [0.25, 0.3) is 0 Å². The molecule has 1 fully saturated rings. The molecule has 0 bridgehead atoms. The summed E-state index contributed by atoms with van der Waals surface area (Å²) in [4.78, 5) is 20.9. The smallest absolute Gasteiger partial charge is 0.255 e. The number of nitrogens with one attached hydrogen (secondary N) is 1. The molecular weight excluding hydrogens is 264 g/mol. The van der Waals surface area contributed by atoms with Gasteiger partial charge in [-0.2, -0.15) is 0 Å². The van der Waals surface area contributed by atoms with Crippen molar-refractivity contribution >= 4 is 11.7 Å². The number of hydrogen-bond donors (Lipinski definition) is 1. The lowest BCUT2D eigenvalue weighted by Crippen LogP contribution is -2.40. The Morgan fingerprint density at radius 3 is 2.62 bits per heavy atom. The van der Waals surface area contributed by atoms with E-state index in [0.717, 1.165) is 44.8 Å². The van der Waals surface area contributed by atoms with E-state index in [-0.39, 0.29) is 5.91 Å². The summed E-state index contributed by atoms with van der Waals surface area (Å²) in [6.45, 7) is 5.68. The molecule has 2 heterocycles. The van der Waals surface area contributed by atoms with Gasteiger partial charge in [-0.1, -0.05) is 0 Å². The minimum atomic E-state index is 0.105. The normalized spacial score (nSPS) is 16.3. The lowest BCUT2D eigenvalue weighted by molar-refractivity contribution is 0.0677. The zero-order chi connectivity index (χ0) is 15.2. The van der Waals surface area contributed by atoms with Crippen LogP contribution < -0.4 is 5.32 Å². The van der Waals surface area contributed by atoms with Gasteiger partial charge >= 0.3 is 0 Å². The number of piperidine rings is 1. The van der Waals surface area contributed by atoms with E-state index in [1.807, 2.05) is 24.0 Å². The molecule has 5 heteroatoms. The highest BCUT2D eigenvalue weighted by Crippen LogP contribution is 2.19. The second-order valence-corrected chi connectivity index (χ2v) is 5.96. The van der Waals surface area contributed by atoms with Crippen molar-refractivity contribution in [2.75, 3.05) is 45.6 Å². The van der Waals surface area contributed by atoms with Crippen LogP contribution in [0.1, 0.15) is 30.1 Å². The zero-order valence-corrected chi connectivity index (χ0v) is 13.3. The van der Waals surface area contributed by atoms with Crippen molar-refractivity contribution in [2.24, 2.45) is 5.92 Å². The van der Waals surface area contributed by atoms with Crippen LogP contribution in [0, 0.1) is 5.92 Å². The van der Waals surface area contributed by atoms with E-state index >= 15 is 0 Å². The highest BCUT2D eigenvalue weighted by molar-refractivity contribution is 5.94. The van der Waals surface area contributed by atoms with E-state index in [4.69, 9.17) is 0 Å². The van der Waals surface area contributed by atoms with Crippen molar-refractivity contribution < 1.29 is 4.79 Å². The van der Waals surface area contributed by atoms with E-state index in [2.05, 4.69) is 29.3 Å². The number of rotatable bonds is 5. The van der Waals surface area contributed by atoms with E-state index in [0.29, 0.717) is 11.5 Å². The molecule has 0 saturated carbocycles. The van der Waals surface area contributed by atoms with Gasteiger partial charge in [0.1, 0.15) is 5.82 Å². The van der Waals surface area contributed by atoms with Crippen LogP contribution in [-0.2, 0) is 0 Å². The fourth-order valence-corrected chi connectivity index (χ4v) is 2.82. The number of carbonyl (C=O) groups excluding carboxylic acids is 1. The first-order valence-electron chi connectivity index (χ1n) is 7.74. The molecule has 0 radical (unpaired) electrons. The molecule has 2 rings (SSSR count). The van der Waals surface area contributed by atoms with E-state index in [9.17, 15) is 4.79 Å². The third-order valence-electron chi connectivity index (χ3n) is 3.89. The Bertz CT molecular complexity index is 450. The molecule has 0 aromatic carbocycles. The van der Waals surface area contributed by atoms with Crippen molar-refractivity contribution in [3.8, 4) is 0 Å². The lowest BCUT2D eigenvalue weighted by atomic mass is 9.96. The number of hydrogen-bond acceptors (Lipinski definition) is 4. The van der Waals surface area contributed by atoms with Gasteiger partial charge in [0.05, 0.1) is 5.56 Å². The molecule has 0 unspecified atom stereocenters. The Kier molecular flexibility index (Phi) is 5.56. The van der Waals surface area contributed by atoms with Gasteiger partial charge < -0.3 is 15.1 Å². The average molecular weight is 290 g/mol. The van der Waals surface area contributed by atoms with Gasteiger partial charge in [-0.3, -0.25) is 4.79 Å². The molecule has 1 aromatic heterocycles. The van der Waals surface area contributed by atoms with Gasteiger partial charge in [0.25, 0.3) is 5.91 Å². The standard InChI is InChI=1S/C16H26N4O/c1-4-17-15-6-5-14(11-18-15)16(21)20-9-7-13(8-10-20)12-19(2)3/h5-6,11,13H,4,7-10,12H2,1-3H3,(H,17,18). The van der Waals surface area contributed by atoms with Gasteiger partial charge in [-0.15, -0.1) is 0 Å². The van der Waals surface area contributed by atoms with Gasteiger partial charge in [0, 0.05) is 32.4 Å².